The molecule has 2 nitrogen and oxygen atoms in total. The maximum absolute atomic E-state index is 12.3. The maximum Gasteiger partial charge on any atom is 1.00 e. The summed E-state index contributed by atoms with van der Waals surface area (Å²) in [6.45, 7) is -0.140. The zero-order valence-corrected chi connectivity index (χ0v) is 12.7. The van der Waals surface area contributed by atoms with Gasteiger partial charge in [0.2, 0.25) is 0 Å². The van der Waals surface area contributed by atoms with Crippen LogP contribution >= 0.6 is 0 Å². The molecule has 1 rings (SSSR count). The molecule has 1 aromatic heterocycles. The first-order chi connectivity index (χ1) is 6.95. The van der Waals surface area contributed by atoms with Gasteiger partial charge < -0.3 is 17.5 Å². The summed E-state index contributed by atoms with van der Waals surface area (Å²) in [5.74, 6) is 0.679. The summed E-state index contributed by atoms with van der Waals surface area (Å²) in [6.07, 6.45) is 4.62. The first-order valence-electron chi connectivity index (χ1n) is 4.82. The van der Waals surface area contributed by atoms with E-state index < -0.39 is 12.4 Å². The van der Waals surface area contributed by atoms with E-state index in [0.29, 0.717) is 12.2 Å². The van der Waals surface area contributed by atoms with Crippen LogP contribution in [0, 0.1) is 0 Å². The van der Waals surface area contributed by atoms with Crippen LogP contribution in [0.5, 0.6) is 0 Å². The van der Waals surface area contributed by atoms with Gasteiger partial charge in [0.25, 0.3) is 0 Å². The van der Waals surface area contributed by atoms with Gasteiger partial charge >= 0.3 is 58.4 Å². The molecule has 0 atom stereocenters. The molecule has 16 heavy (non-hydrogen) atoms. The van der Waals surface area contributed by atoms with Gasteiger partial charge in [-0.05, 0) is 6.42 Å². The molecule has 84 valence electrons. The Morgan fingerprint density at radius 3 is 2.62 bits per heavy atom. The zero-order valence-electron chi connectivity index (χ0n) is 9.59. The second kappa shape index (κ2) is 7.00. The predicted octanol–water partition coefficient (Wildman–Crippen LogP) is -0.218. The quantitative estimate of drug-likeness (QED) is 0.666. The van der Waals surface area contributed by atoms with E-state index in [1.165, 1.54) is 10.8 Å². The third-order valence-electron chi connectivity index (χ3n) is 2.11. The number of hydrogen-bond acceptors (Lipinski definition) is 1. The maximum atomic E-state index is 12.3. The van der Waals surface area contributed by atoms with Gasteiger partial charge in [-0.2, -0.15) is 0 Å². The molecule has 0 aromatic carbocycles. The molecule has 0 unspecified atom stereocenters. The number of aryl methyl sites for hydroxylation is 1. The Kier molecular flexibility index (Phi) is 7.20. The van der Waals surface area contributed by atoms with Crippen molar-refractivity contribution < 1.29 is 64.3 Å². The number of aromatic nitrogens is 2. The first kappa shape index (κ1) is 16.4. The van der Waals surface area contributed by atoms with Crippen molar-refractivity contribution >= 4 is 6.98 Å². The molecular formula is C9H13BF3KN2. The summed E-state index contributed by atoms with van der Waals surface area (Å²) in [5.41, 5.74) is -0.689. The molecule has 0 radical (unpaired) electrons. The van der Waals surface area contributed by atoms with Crippen molar-refractivity contribution in [2.24, 2.45) is 0 Å². The average Bonchev–Trinajstić information content (AvgIpc) is 2.52. The standard InChI is InChI=1S/C9H13BF3N2.K/c1-3-4-9-14-5-6-15(9)7-8(2)10(11,12)13;/h5-6H,2-4,7H2,1H3;/q-1;+1. The van der Waals surface area contributed by atoms with Gasteiger partial charge in [-0.25, -0.2) is 4.98 Å². The number of halogens is 3. The van der Waals surface area contributed by atoms with Gasteiger partial charge in [0.15, 0.2) is 0 Å². The van der Waals surface area contributed by atoms with Gasteiger partial charge in [0.1, 0.15) is 5.82 Å². The Labute approximate surface area is 136 Å². The third-order valence-corrected chi connectivity index (χ3v) is 2.11. The van der Waals surface area contributed by atoms with E-state index in [2.05, 4.69) is 11.6 Å². The fourth-order valence-corrected chi connectivity index (χ4v) is 1.26. The van der Waals surface area contributed by atoms with E-state index in [1.54, 1.807) is 6.20 Å². The second-order valence-electron chi connectivity index (χ2n) is 3.45. The smallest absolute Gasteiger partial charge is 0.445 e. The minimum absolute atomic E-state index is 0. The zero-order chi connectivity index (χ0) is 11.5. The van der Waals surface area contributed by atoms with Crippen LogP contribution < -0.4 is 51.4 Å². The molecule has 1 heterocycles. The van der Waals surface area contributed by atoms with Crippen LogP contribution in [0.25, 0.3) is 0 Å². The number of allylic oxidation sites excluding steroid dienone is 1. The molecule has 0 saturated heterocycles. The van der Waals surface area contributed by atoms with E-state index in [9.17, 15) is 12.9 Å². The Bertz CT molecular complexity index is 349. The normalized spacial score (nSPS) is 11.0. The average molecular weight is 256 g/mol. The number of nitrogens with zero attached hydrogens (tertiary/aromatic N) is 2. The SMILES string of the molecule is C=C(Cn1ccnc1CCC)[B-](F)(F)F.[K+]. The third kappa shape index (κ3) is 4.75. The van der Waals surface area contributed by atoms with Crippen molar-refractivity contribution in [1.29, 1.82) is 0 Å². The number of imidazole rings is 1. The predicted molar refractivity (Wildman–Crippen MR) is 54.4 cm³/mol. The minimum Gasteiger partial charge on any atom is -0.445 e. The molecule has 0 amide bonds. The molecule has 0 saturated carbocycles. The second-order valence-corrected chi connectivity index (χ2v) is 3.45. The van der Waals surface area contributed by atoms with Crippen LogP contribution in [0.1, 0.15) is 19.2 Å². The molecule has 7 heteroatoms. The van der Waals surface area contributed by atoms with E-state index in [1.807, 2.05) is 6.92 Å². The van der Waals surface area contributed by atoms with E-state index in [-0.39, 0.29) is 57.9 Å². The van der Waals surface area contributed by atoms with Gasteiger partial charge in [0, 0.05) is 25.4 Å². The fraction of sp³-hybridized carbons (Fsp3) is 0.444. The van der Waals surface area contributed by atoms with Gasteiger partial charge in [-0.15, -0.1) is 12.1 Å². The van der Waals surface area contributed by atoms with Crippen LogP contribution in [0.4, 0.5) is 12.9 Å². The van der Waals surface area contributed by atoms with E-state index in [4.69, 9.17) is 0 Å². The van der Waals surface area contributed by atoms with Crippen LogP contribution in [-0.4, -0.2) is 16.5 Å². The molecule has 0 aliphatic heterocycles. The van der Waals surface area contributed by atoms with E-state index >= 15 is 0 Å². The topological polar surface area (TPSA) is 17.8 Å². The Balaban J connectivity index is 0.00000225. The van der Waals surface area contributed by atoms with Crippen molar-refractivity contribution in [2.75, 3.05) is 0 Å². The first-order valence-corrected chi connectivity index (χ1v) is 4.82. The molecule has 0 fully saturated rings. The summed E-state index contributed by atoms with van der Waals surface area (Å²) in [6, 6.07) is 0. The largest absolute Gasteiger partial charge is 1.00 e. The summed E-state index contributed by atoms with van der Waals surface area (Å²) in [7, 11) is 0. The molecule has 0 N–H and O–H groups in total. The number of hydrogen-bond donors (Lipinski definition) is 0. The summed E-state index contributed by atoms with van der Waals surface area (Å²) >= 11 is 0. The van der Waals surface area contributed by atoms with Crippen molar-refractivity contribution in [3.05, 3.63) is 30.3 Å². The van der Waals surface area contributed by atoms with Crippen molar-refractivity contribution in [1.82, 2.24) is 9.55 Å². The Morgan fingerprint density at radius 1 is 1.50 bits per heavy atom. The molecule has 1 aromatic rings. The summed E-state index contributed by atoms with van der Waals surface area (Å²) in [4.78, 5) is 4.00. The molecule has 0 spiro atoms. The monoisotopic (exact) mass is 256 g/mol. The van der Waals surface area contributed by atoms with Gasteiger partial charge in [-0.3, -0.25) is 0 Å². The summed E-state index contributed by atoms with van der Waals surface area (Å²) < 4.78 is 38.4. The molecule has 0 aliphatic carbocycles. The van der Waals surface area contributed by atoms with Crippen LogP contribution in [-0.2, 0) is 13.0 Å². The fourth-order valence-electron chi connectivity index (χ4n) is 1.26. The van der Waals surface area contributed by atoms with Crippen molar-refractivity contribution in [3.8, 4) is 0 Å². The van der Waals surface area contributed by atoms with Gasteiger partial charge in [0.05, 0.1) is 0 Å². The van der Waals surface area contributed by atoms with Crippen LogP contribution in [0.3, 0.4) is 0 Å². The number of rotatable bonds is 5. The Morgan fingerprint density at radius 2 is 2.12 bits per heavy atom. The Hall–Kier alpha value is 0.441. The minimum atomic E-state index is -4.95. The molecular weight excluding hydrogens is 243 g/mol. The van der Waals surface area contributed by atoms with Crippen LogP contribution in [0.15, 0.2) is 24.4 Å². The molecule has 0 bridgehead atoms. The molecule has 0 aliphatic rings. The van der Waals surface area contributed by atoms with Gasteiger partial charge in [-0.1, -0.05) is 6.92 Å². The summed E-state index contributed by atoms with van der Waals surface area (Å²) in [5, 5.41) is 0. The van der Waals surface area contributed by atoms with Crippen LogP contribution in [0.2, 0.25) is 0 Å². The van der Waals surface area contributed by atoms with Crippen molar-refractivity contribution in [3.63, 3.8) is 0 Å². The van der Waals surface area contributed by atoms with E-state index in [0.717, 1.165) is 6.42 Å². The van der Waals surface area contributed by atoms with Crippen molar-refractivity contribution in [2.45, 2.75) is 26.3 Å².